The quantitative estimate of drug-likeness (QED) is 0.233. The Labute approximate surface area is 147 Å². The highest BCUT2D eigenvalue weighted by Gasteiger charge is 1.95. The molecule has 0 heterocycles. The molecule has 2 rings (SSSR count). The Kier molecular flexibility index (Phi) is 8.11. The molecule has 0 saturated carbocycles. The van der Waals surface area contributed by atoms with Gasteiger partial charge in [-0.3, -0.25) is 0 Å². The number of nitrogens with zero attached hydrogens (tertiary/aromatic N) is 4. The molecular formula is C15H16N6O5. The molecule has 0 saturated heterocycles. The van der Waals surface area contributed by atoms with Crippen molar-refractivity contribution in [3.05, 3.63) is 69.8 Å². The number of hydrogen-bond donors (Lipinski definition) is 5. The van der Waals surface area contributed by atoms with Crippen LogP contribution in [0.4, 0.5) is 0 Å². The third-order valence-corrected chi connectivity index (χ3v) is 2.62. The van der Waals surface area contributed by atoms with Crippen LogP contribution in [0.5, 0.6) is 11.5 Å². The van der Waals surface area contributed by atoms with E-state index < -0.39 is 5.09 Å². The largest absolute Gasteiger partial charge is 0.507 e. The lowest BCUT2D eigenvalue weighted by Gasteiger charge is -1.98. The fourth-order valence-electron chi connectivity index (χ4n) is 1.54. The molecule has 0 radical (unpaired) electrons. The summed E-state index contributed by atoms with van der Waals surface area (Å²) in [5.74, 6) is 0.185. The first-order valence-corrected chi connectivity index (χ1v) is 6.95. The highest BCUT2D eigenvalue weighted by atomic mass is 16.9. The lowest BCUT2D eigenvalue weighted by Crippen LogP contribution is -2.26. The van der Waals surface area contributed by atoms with Gasteiger partial charge in [-0.05, 0) is 24.3 Å². The molecule has 0 aromatic heterocycles. The number of guanidine groups is 1. The fraction of sp³-hybridized carbons (Fsp3) is 0. The number of phenols is 2. The highest BCUT2D eigenvalue weighted by Crippen LogP contribution is 2.13. The van der Waals surface area contributed by atoms with E-state index in [1.807, 2.05) is 0 Å². The summed E-state index contributed by atoms with van der Waals surface area (Å²) in [5, 5.41) is 44.0. The Balaban J connectivity index is 0.000000765. The Hall–Kier alpha value is -4.15. The number of hydrazone groups is 1. The third kappa shape index (κ3) is 7.92. The molecule has 26 heavy (non-hydrogen) atoms. The molecular weight excluding hydrogens is 344 g/mol. The predicted octanol–water partition coefficient (Wildman–Crippen LogP) is 1.02. The second kappa shape index (κ2) is 10.6. The first-order valence-electron chi connectivity index (χ1n) is 6.95. The zero-order chi connectivity index (χ0) is 19.4. The van der Waals surface area contributed by atoms with Crippen molar-refractivity contribution < 1.29 is 20.5 Å². The van der Waals surface area contributed by atoms with E-state index in [4.69, 9.17) is 21.1 Å². The van der Waals surface area contributed by atoms with Crippen molar-refractivity contribution in [3.8, 4) is 11.5 Å². The smallest absolute Gasteiger partial charge is 0.291 e. The summed E-state index contributed by atoms with van der Waals surface area (Å²) in [4.78, 5) is 8.36. The second-order valence-corrected chi connectivity index (χ2v) is 4.46. The van der Waals surface area contributed by atoms with Gasteiger partial charge in [0.15, 0.2) is 0 Å². The fourth-order valence-corrected chi connectivity index (χ4v) is 1.54. The van der Waals surface area contributed by atoms with Crippen LogP contribution < -0.4 is 11.2 Å². The van der Waals surface area contributed by atoms with E-state index in [0.29, 0.717) is 11.1 Å². The van der Waals surface area contributed by atoms with Gasteiger partial charge in [-0.1, -0.05) is 24.3 Å². The molecule has 2 aromatic carbocycles. The van der Waals surface area contributed by atoms with Gasteiger partial charge in [0.2, 0.25) is 5.96 Å². The molecule has 6 N–H and O–H groups in total. The van der Waals surface area contributed by atoms with Gasteiger partial charge in [0, 0.05) is 11.1 Å². The third-order valence-electron chi connectivity index (χ3n) is 2.62. The van der Waals surface area contributed by atoms with Gasteiger partial charge < -0.3 is 21.2 Å². The monoisotopic (exact) mass is 360 g/mol. The van der Waals surface area contributed by atoms with Gasteiger partial charge in [0.1, 0.15) is 11.5 Å². The Morgan fingerprint density at radius 2 is 1.50 bits per heavy atom. The van der Waals surface area contributed by atoms with Crippen molar-refractivity contribution in [2.75, 3.05) is 0 Å². The zero-order valence-corrected chi connectivity index (χ0v) is 13.3. The van der Waals surface area contributed by atoms with Crippen LogP contribution in [-0.4, -0.2) is 38.9 Å². The number of hydrogen-bond acceptors (Lipinski definition) is 7. The maximum Gasteiger partial charge on any atom is 0.291 e. The Bertz CT molecular complexity index is 818. The SMILES string of the molecule is N/C(=N\N=C\c1ccccc1O)N/N=C/c1ccccc1O.O=[N+]([O-])O. The van der Waals surface area contributed by atoms with Gasteiger partial charge in [0.25, 0.3) is 5.09 Å². The molecule has 0 amide bonds. The number of nitrogens with one attached hydrogen (secondary N) is 1. The number of nitrogens with two attached hydrogens (primary N) is 1. The highest BCUT2D eigenvalue weighted by molar-refractivity contribution is 5.86. The first-order chi connectivity index (χ1) is 12.4. The minimum Gasteiger partial charge on any atom is -0.507 e. The van der Waals surface area contributed by atoms with Gasteiger partial charge in [-0.25, -0.2) is 5.43 Å². The summed E-state index contributed by atoms with van der Waals surface area (Å²) in [7, 11) is 0. The van der Waals surface area contributed by atoms with E-state index in [2.05, 4.69) is 20.7 Å². The molecule has 11 nitrogen and oxygen atoms in total. The summed E-state index contributed by atoms with van der Waals surface area (Å²) < 4.78 is 0. The Morgan fingerprint density at radius 3 is 2.00 bits per heavy atom. The van der Waals surface area contributed by atoms with Crippen molar-refractivity contribution in [3.63, 3.8) is 0 Å². The van der Waals surface area contributed by atoms with Crippen LogP contribution in [0.1, 0.15) is 11.1 Å². The van der Waals surface area contributed by atoms with Crippen molar-refractivity contribution in [1.82, 2.24) is 5.43 Å². The molecule has 0 fully saturated rings. The van der Waals surface area contributed by atoms with Crippen molar-refractivity contribution in [2.45, 2.75) is 0 Å². The van der Waals surface area contributed by atoms with Crippen LogP contribution in [0, 0.1) is 10.1 Å². The minimum absolute atomic E-state index is 0.0293. The summed E-state index contributed by atoms with van der Waals surface area (Å²) in [6, 6.07) is 13.4. The molecule has 0 atom stereocenters. The molecule has 11 heteroatoms. The van der Waals surface area contributed by atoms with E-state index in [9.17, 15) is 10.2 Å². The molecule has 0 aliphatic heterocycles. The van der Waals surface area contributed by atoms with Crippen molar-refractivity contribution >= 4 is 18.4 Å². The normalized spacial score (nSPS) is 11.2. The maximum absolute atomic E-state index is 9.54. The van der Waals surface area contributed by atoms with E-state index >= 15 is 0 Å². The van der Waals surface area contributed by atoms with Crippen LogP contribution in [0.3, 0.4) is 0 Å². The maximum atomic E-state index is 9.54. The summed E-state index contributed by atoms with van der Waals surface area (Å²) in [6.45, 7) is 0. The van der Waals surface area contributed by atoms with Crippen LogP contribution in [-0.2, 0) is 0 Å². The minimum atomic E-state index is -1.50. The van der Waals surface area contributed by atoms with Crippen LogP contribution in [0.25, 0.3) is 0 Å². The number of aromatic hydroxyl groups is 2. The second-order valence-electron chi connectivity index (χ2n) is 4.46. The zero-order valence-electron chi connectivity index (χ0n) is 13.3. The topological polar surface area (TPSA) is 179 Å². The molecule has 136 valence electrons. The first kappa shape index (κ1) is 19.9. The van der Waals surface area contributed by atoms with Crippen LogP contribution in [0.15, 0.2) is 63.8 Å². The van der Waals surface area contributed by atoms with Gasteiger partial charge in [0.05, 0.1) is 12.4 Å². The molecule has 0 bridgehead atoms. The van der Waals surface area contributed by atoms with Crippen LogP contribution >= 0.6 is 0 Å². The van der Waals surface area contributed by atoms with Crippen LogP contribution in [0.2, 0.25) is 0 Å². The lowest BCUT2D eigenvalue weighted by molar-refractivity contribution is -0.742. The van der Waals surface area contributed by atoms with Gasteiger partial charge >= 0.3 is 0 Å². The molecule has 0 unspecified atom stereocenters. The lowest BCUT2D eigenvalue weighted by atomic mass is 10.2. The Morgan fingerprint density at radius 1 is 1.04 bits per heavy atom. The van der Waals surface area contributed by atoms with Crippen molar-refractivity contribution in [2.24, 2.45) is 21.0 Å². The average molecular weight is 360 g/mol. The summed E-state index contributed by atoms with van der Waals surface area (Å²) in [6.07, 6.45) is 2.78. The summed E-state index contributed by atoms with van der Waals surface area (Å²) >= 11 is 0. The number of rotatable bonds is 4. The predicted molar refractivity (Wildman–Crippen MR) is 94.9 cm³/mol. The standard InChI is InChI=1S/C15H15N5O2.HNO3/c16-15(19-17-9-11-5-1-3-7-13(11)21)20-18-10-12-6-2-4-8-14(12)22;2-1(3)4/h1-10,21-22H,(H3,16,19,20);(H,2,3,4)/b17-9+,18-10+;. The van der Waals surface area contributed by atoms with Gasteiger partial charge in [-0.2, -0.15) is 10.2 Å². The van der Waals surface area contributed by atoms with Gasteiger partial charge in [-0.15, -0.1) is 15.2 Å². The molecule has 0 aliphatic rings. The molecule has 0 spiro atoms. The summed E-state index contributed by atoms with van der Waals surface area (Å²) in [5.41, 5.74) is 9.10. The average Bonchev–Trinajstić information content (AvgIpc) is 2.58. The van der Waals surface area contributed by atoms with Crippen molar-refractivity contribution in [1.29, 1.82) is 0 Å². The molecule has 2 aromatic rings. The number of benzene rings is 2. The van der Waals surface area contributed by atoms with E-state index in [1.54, 1.807) is 48.5 Å². The van der Waals surface area contributed by atoms with E-state index in [-0.39, 0.29) is 17.5 Å². The van der Waals surface area contributed by atoms with E-state index in [0.717, 1.165) is 0 Å². The van der Waals surface area contributed by atoms with E-state index in [1.165, 1.54) is 12.4 Å². The molecule has 0 aliphatic carbocycles. The number of phenolic OH excluding ortho intramolecular Hbond substituents is 2. The number of para-hydroxylation sites is 2.